The number of carbonyl (C=O) groups is 1. The Hall–Kier alpha value is -2.23. The molecule has 1 N–H and O–H groups in total. The lowest BCUT2D eigenvalue weighted by molar-refractivity contribution is -0.121. The molecule has 0 aromatic carbocycles. The molecule has 1 fully saturated rings. The maximum atomic E-state index is 12.9. The quantitative estimate of drug-likeness (QED) is 0.510. The number of nitrogens with zero attached hydrogens (tertiary/aromatic N) is 5. The van der Waals surface area contributed by atoms with E-state index >= 15 is 0 Å². The summed E-state index contributed by atoms with van der Waals surface area (Å²) in [6.45, 7) is 11.4. The van der Waals surface area contributed by atoms with Crippen LogP contribution in [0.15, 0.2) is 22.3 Å². The summed E-state index contributed by atoms with van der Waals surface area (Å²) in [5.41, 5.74) is 1.37. The van der Waals surface area contributed by atoms with Gasteiger partial charge in [-0.15, -0.1) is 11.3 Å². The summed E-state index contributed by atoms with van der Waals surface area (Å²) in [6.07, 6.45) is 2.80. The predicted octanol–water partition coefficient (Wildman–Crippen LogP) is 1.81. The van der Waals surface area contributed by atoms with Crippen LogP contribution in [0.3, 0.4) is 0 Å². The van der Waals surface area contributed by atoms with E-state index in [2.05, 4.69) is 27.1 Å². The van der Waals surface area contributed by atoms with Crippen molar-refractivity contribution in [1.82, 2.24) is 29.3 Å². The fraction of sp³-hybridized carbons (Fsp3) is 0.591. The molecule has 0 radical (unpaired) electrons. The van der Waals surface area contributed by atoms with Crippen LogP contribution in [-0.4, -0.2) is 75.7 Å². The number of amides is 1. The van der Waals surface area contributed by atoms with Gasteiger partial charge in [0.05, 0.1) is 10.2 Å². The van der Waals surface area contributed by atoms with Gasteiger partial charge in [-0.1, -0.05) is 13.8 Å². The number of hydrogen-bond donors (Lipinski definition) is 1. The number of piperazine rings is 1. The molecule has 3 aromatic rings. The third-order valence-electron chi connectivity index (χ3n) is 5.96. The van der Waals surface area contributed by atoms with Gasteiger partial charge in [0.1, 0.15) is 17.9 Å². The van der Waals surface area contributed by atoms with E-state index in [0.29, 0.717) is 18.5 Å². The largest absolute Gasteiger partial charge is 0.354 e. The van der Waals surface area contributed by atoms with Crippen LogP contribution in [0.2, 0.25) is 0 Å². The maximum Gasteiger partial charge on any atom is 0.291 e. The molecule has 1 aliphatic heterocycles. The molecule has 4 rings (SSSR count). The van der Waals surface area contributed by atoms with Gasteiger partial charge < -0.3 is 15.1 Å². The molecular formula is C22H32N6O2S. The van der Waals surface area contributed by atoms with E-state index in [1.54, 1.807) is 11.3 Å². The lowest BCUT2D eigenvalue weighted by atomic mass is 10.2. The van der Waals surface area contributed by atoms with E-state index in [-0.39, 0.29) is 18.0 Å². The minimum atomic E-state index is -0.222. The zero-order chi connectivity index (χ0) is 21.8. The fourth-order valence-corrected chi connectivity index (χ4v) is 5.14. The first-order valence-electron chi connectivity index (χ1n) is 11.3. The van der Waals surface area contributed by atoms with Crippen LogP contribution in [0, 0.1) is 0 Å². The highest BCUT2D eigenvalue weighted by atomic mass is 32.1. The predicted molar refractivity (Wildman–Crippen MR) is 125 cm³/mol. The highest BCUT2D eigenvalue weighted by molar-refractivity contribution is 7.17. The SMILES string of the molecule is CCCN1CCN(CCCNC(=O)Cn2nc(CC)n3c(cc4sccc43)c2=O)CC1. The summed E-state index contributed by atoms with van der Waals surface area (Å²) in [4.78, 5) is 30.3. The van der Waals surface area contributed by atoms with E-state index in [1.165, 1.54) is 17.6 Å². The summed E-state index contributed by atoms with van der Waals surface area (Å²) >= 11 is 1.61. The molecule has 0 bridgehead atoms. The van der Waals surface area contributed by atoms with Crippen molar-refractivity contribution in [3.63, 3.8) is 0 Å². The lowest BCUT2D eigenvalue weighted by Gasteiger charge is -2.34. The lowest BCUT2D eigenvalue weighted by Crippen LogP contribution is -2.47. The molecule has 0 atom stereocenters. The van der Waals surface area contributed by atoms with Crippen LogP contribution in [0.1, 0.15) is 32.5 Å². The molecule has 168 valence electrons. The average Bonchev–Trinajstić information content (AvgIpc) is 3.36. The number of aryl methyl sites for hydroxylation is 1. The fourth-order valence-electron chi connectivity index (χ4n) is 4.33. The van der Waals surface area contributed by atoms with Crippen molar-refractivity contribution in [2.24, 2.45) is 0 Å². The van der Waals surface area contributed by atoms with Gasteiger partial charge in [-0.3, -0.25) is 14.0 Å². The Morgan fingerprint density at radius 3 is 2.58 bits per heavy atom. The highest BCUT2D eigenvalue weighted by Crippen LogP contribution is 2.24. The van der Waals surface area contributed by atoms with Crippen LogP contribution < -0.4 is 10.9 Å². The van der Waals surface area contributed by atoms with Crippen molar-refractivity contribution < 1.29 is 4.79 Å². The second-order valence-corrected chi connectivity index (χ2v) is 9.10. The van der Waals surface area contributed by atoms with Gasteiger partial charge >= 0.3 is 0 Å². The average molecular weight is 445 g/mol. The third-order valence-corrected chi connectivity index (χ3v) is 6.81. The van der Waals surface area contributed by atoms with Gasteiger partial charge in [-0.05, 0) is 43.4 Å². The van der Waals surface area contributed by atoms with Gasteiger partial charge in [0, 0.05) is 39.1 Å². The van der Waals surface area contributed by atoms with E-state index in [9.17, 15) is 9.59 Å². The zero-order valence-electron chi connectivity index (χ0n) is 18.5. The first-order valence-corrected chi connectivity index (χ1v) is 12.2. The standard InChI is InChI=1S/C22H32N6O2S/c1-3-8-25-10-12-26(13-11-25)9-5-7-23-21(29)16-27-22(30)18-15-19-17(6-14-31-19)28(18)20(4-2)24-27/h6,14-15H,3-5,7-13,16H2,1-2H3,(H,23,29). The molecule has 4 heterocycles. The Morgan fingerprint density at radius 1 is 1.13 bits per heavy atom. The molecule has 0 spiro atoms. The Morgan fingerprint density at radius 2 is 1.87 bits per heavy atom. The molecular weight excluding hydrogens is 412 g/mol. The maximum absolute atomic E-state index is 12.9. The molecule has 0 unspecified atom stereocenters. The van der Waals surface area contributed by atoms with Crippen molar-refractivity contribution in [2.45, 2.75) is 39.7 Å². The molecule has 1 amide bonds. The number of carbonyl (C=O) groups excluding carboxylic acids is 1. The number of rotatable bonds is 9. The first-order chi connectivity index (χ1) is 15.1. The minimum Gasteiger partial charge on any atom is -0.354 e. The van der Waals surface area contributed by atoms with Crippen molar-refractivity contribution >= 4 is 33.0 Å². The van der Waals surface area contributed by atoms with E-state index in [1.807, 2.05) is 28.8 Å². The molecule has 1 saturated heterocycles. The van der Waals surface area contributed by atoms with Crippen molar-refractivity contribution in [3.05, 3.63) is 33.7 Å². The van der Waals surface area contributed by atoms with Crippen molar-refractivity contribution in [2.75, 3.05) is 45.8 Å². The highest BCUT2D eigenvalue weighted by Gasteiger charge is 2.17. The van der Waals surface area contributed by atoms with Crippen LogP contribution in [-0.2, 0) is 17.8 Å². The number of thiophene rings is 1. The van der Waals surface area contributed by atoms with Crippen LogP contribution >= 0.6 is 11.3 Å². The second kappa shape index (κ2) is 9.93. The number of hydrogen-bond acceptors (Lipinski definition) is 6. The van der Waals surface area contributed by atoms with Crippen LogP contribution in [0.4, 0.5) is 0 Å². The second-order valence-electron chi connectivity index (χ2n) is 8.15. The summed E-state index contributed by atoms with van der Waals surface area (Å²) in [5.74, 6) is 0.625. The molecule has 0 aliphatic carbocycles. The minimum absolute atomic E-state index is 0.0448. The third kappa shape index (κ3) is 4.83. The van der Waals surface area contributed by atoms with Gasteiger partial charge in [0.2, 0.25) is 5.91 Å². The van der Waals surface area contributed by atoms with Gasteiger partial charge in [0.25, 0.3) is 5.56 Å². The monoisotopic (exact) mass is 444 g/mol. The van der Waals surface area contributed by atoms with Crippen LogP contribution in [0.5, 0.6) is 0 Å². The number of fused-ring (bicyclic) bond motifs is 3. The Kier molecular flexibility index (Phi) is 7.04. The van der Waals surface area contributed by atoms with Gasteiger partial charge in [-0.25, -0.2) is 4.68 Å². The molecule has 3 aromatic heterocycles. The first kappa shape index (κ1) is 22.0. The summed E-state index contributed by atoms with van der Waals surface area (Å²) in [7, 11) is 0. The molecule has 0 saturated carbocycles. The summed E-state index contributed by atoms with van der Waals surface area (Å²) in [6, 6.07) is 3.91. The topological polar surface area (TPSA) is 74.9 Å². The Labute approximate surface area is 186 Å². The summed E-state index contributed by atoms with van der Waals surface area (Å²) < 4.78 is 4.29. The molecule has 1 aliphatic rings. The molecule has 8 nitrogen and oxygen atoms in total. The summed E-state index contributed by atoms with van der Waals surface area (Å²) in [5, 5.41) is 9.45. The molecule has 9 heteroatoms. The zero-order valence-corrected chi connectivity index (χ0v) is 19.3. The Balaban J connectivity index is 1.31. The Bertz CT molecular complexity index is 1090. The van der Waals surface area contributed by atoms with Crippen LogP contribution in [0.25, 0.3) is 15.7 Å². The van der Waals surface area contributed by atoms with Gasteiger partial charge in [-0.2, -0.15) is 5.10 Å². The van der Waals surface area contributed by atoms with E-state index < -0.39 is 0 Å². The molecule has 31 heavy (non-hydrogen) atoms. The number of aromatic nitrogens is 3. The van der Waals surface area contributed by atoms with Gasteiger partial charge in [0.15, 0.2) is 0 Å². The van der Waals surface area contributed by atoms with E-state index in [0.717, 1.165) is 55.2 Å². The normalized spacial score (nSPS) is 15.8. The smallest absolute Gasteiger partial charge is 0.291 e. The van der Waals surface area contributed by atoms with E-state index in [4.69, 9.17) is 0 Å². The van der Waals surface area contributed by atoms with Crippen molar-refractivity contribution in [3.8, 4) is 0 Å². The number of nitrogens with one attached hydrogen (secondary N) is 1. The van der Waals surface area contributed by atoms with Crippen molar-refractivity contribution in [1.29, 1.82) is 0 Å².